The highest BCUT2D eigenvalue weighted by atomic mass is 16.4. The predicted molar refractivity (Wildman–Crippen MR) is 199 cm³/mol. The van der Waals surface area contributed by atoms with Gasteiger partial charge in [0, 0.05) is 11.3 Å². The van der Waals surface area contributed by atoms with Crippen LogP contribution in [0.25, 0.3) is 61.3 Å². The Morgan fingerprint density at radius 3 is 1.53 bits per heavy atom. The van der Waals surface area contributed by atoms with Crippen molar-refractivity contribution in [2.75, 3.05) is 0 Å². The number of rotatable bonds is 6. The monoisotopic (exact) mass is 630 g/mol. The number of allylic oxidation sites excluding steroid dienone is 1. The third-order valence-electron chi connectivity index (χ3n) is 9.10. The van der Waals surface area contributed by atoms with Crippen molar-refractivity contribution < 1.29 is 4.42 Å². The zero-order valence-corrected chi connectivity index (χ0v) is 26.5. The van der Waals surface area contributed by atoms with Crippen LogP contribution in [-0.4, -0.2) is 15.9 Å². The average Bonchev–Trinajstić information content (AvgIpc) is 3.68. The van der Waals surface area contributed by atoms with Crippen LogP contribution in [0.5, 0.6) is 0 Å². The van der Waals surface area contributed by atoms with E-state index in [-0.39, 0.29) is 6.17 Å². The fourth-order valence-corrected chi connectivity index (χ4v) is 6.77. The zero-order valence-electron chi connectivity index (χ0n) is 26.5. The molecule has 8 aromatic rings. The van der Waals surface area contributed by atoms with Crippen LogP contribution in [-0.2, 0) is 0 Å². The molecular formula is C44H30N4O. The van der Waals surface area contributed by atoms with Crippen LogP contribution < -0.4 is 5.32 Å². The molecule has 0 saturated heterocycles. The molecule has 5 heteroatoms. The van der Waals surface area contributed by atoms with E-state index in [2.05, 4.69) is 143 Å². The van der Waals surface area contributed by atoms with Gasteiger partial charge in [0.2, 0.25) is 11.8 Å². The van der Waals surface area contributed by atoms with Gasteiger partial charge in [-0.25, -0.2) is 0 Å². The van der Waals surface area contributed by atoms with Gasteiger partial charge in [0.05, 0.1) is 11.3 Å². The molecule has 0 aliphatic carbocycles. The molecule has 0 amide bonds. The molecule has 232 valence electrons. The van der Waals surface area contributed by atoms with Crippen LogP contribution in [0.15, 0.2) is 179 Å². The Balaban J connectivity index is 1.15. The molecule has 1 aliphatic heterocycles. The van der Waals surface area contributed by atoms with Gasteiger partial charge >= 0.3 is 0 Å². The normalized spacial score (nSPS) is 14.3. The van der Waals surface area contributed by atoms with Crippen molar-refractivity contribution in [1.29, 1.82) is 0 Å². The summed E-state index contributed by atoms with van der Waals surface area (Å²) in [6.45, 7) is 0. The van der Waals surface area contributed by atoms with Gasteiger partial charge in [-0.3, -0.25) is 4.99 Å². The molecule has 0 spiro atoms. The Morgan fingerprint density at radius 1 is 0.429 bits per heavy atom. The minimum atomic E-state index is -0.191. The zero-order chi connectivity index (χ0) is 32.6. The Labute approximate surface area is 283 Å². The molecule has 1 aliphatic rings. The number of fused-ring (bicyclic) bond motifs is 2. The number of hydrogen-bond donors (Lipinski definition) is 1. The Hall–Kier alpha value is -6.59. The summed E-state index contributed by atoms with van der Waals surface area (Å²) >= 11 is 0. The first-order valence-electron chi connectivity index (χ1n) is 16.4. The first-order valence-corrected chi connectivity index (χ1v) is 16.4. The molecule has 1 aromatic heterocycles. The molecule has 5 nitrogen and oxygen atoms in total. The maximum Gasteiger partial charge on any atom is 0.249 e. The van der Waals surface area contributed by atoms with E-state index in [1.54, 1.807) is 0 Å². The van der Waals surface area contributed by atoms with E-state index in [1.165, 1.54) is 5.56 Å². The predicted octanol–water partition coefficient (Wildman–Crippen LogP) is 10.5. The van der Waals surface area contributed by atoms with Crippen molar-refractivity contribution >= 4 is 33.0 Å². The summed E-state index contributed by atoms with van der Waals surface area (Å²) in [6.07, 6.45) is 1.96. The van der Waals surface area contributed by atoms with Crippen LogP contribution in [0.4, 0.5) is 0 Å². The van der Waals surface area contributed by atoms with Gasteiger partial charge in [-0.05, 0) is 67.6 Å². The van der Waals surface area contributed by atoms with Crippen molar-refractivity contribution in [2.24, 2.45) is 4.99 Å². The second-order valence-electron chi connectivity index (χ2n) is 12.1. The van der Waals surface area contributed by atoms with Gasteiger partial charge < -0.3 is 9.73 Å². The lowest BCUT2D eigenvalue weighted by Gasteiger charge is -2.25. The number of benzene rings is 7. The lowest BCUT2D eigenvalue weighted by molar-refractivity contribution is 0.586. The molecular weight excluding hydrogens is 601 g/mol. The minimum Gasteiger partial charge on any atom is -0.416 e. The van der Waals surface area contributed by atoms with Crippen LogP contribution in [0.3, 0.4) is 0 Å². The van der Waals surface area contributed by atoms with Crippen molar-refractivity contribution in [3.05, 3.63) is 187 Å². The maximum atomic E-state index is 6.34. The SMILES string of the molecule is C1=C(c2ccc(-c3c4ccccc4c(-c4nnc(-c5ccccc5)o4)c4ccccc34)cc2)NC(c2ccccc2)N=C1c1ccccc1. The summed E-state index contributed by atoms with van der Waals surface area (Å²) in [6, 6.07) is 56.5. The lowest BCUT2D eigenvalue weighted by atomic mass is 9.88. The molecule has 0 saturated carbocycles. The second kappa shape index (κ2) is 12.2. The van der Waals surface area contributed by atoms with Crippen molar-refractivity contribution in [3.63, 3.8) is 0 Å². The highest BCUT2D eigenvalue weighted by Crippen LogP contribution is 2.43. The standard InChI is InChI=1S/C44H30N4O/c1-4-14-29(15-5-1)38-28-39(46-42(45-38)32-16-6-2-7-17-32)30-24-26-31(27-25-30)40-34-20-10-12-22-36(34)41(37-23-13-11-21-35(37)40)44-48-47-43(49-44)33-18-8-3-9-19-33/h1-28,42,46H. The van der Waals surface area contributed by atoms with Crippen molar-refractivity contribution in [2.45, 2.75) is 6.17 Å². The average molecular weight is 631 g/mol. The topological polar surface area (TPSA) is 63.3 Å². The van der Waals surface area contributed by atoms with E-state index >= 15 is 0 Å². The first-order chi connectivity index (χ1) is 24.3. The smallest absolute Gasteiger partial charge is 0.249 e. The van der Waals surface area contributed by atoms with Gasteiger partial charge in [0.1, 0.15) is 6.17 Å². The molecule has 0 fully saturated rings. The molecule has 49 heavy (non-hydrogen) atoms. The molecule has 2 heterocycles. The van der Waals surface area contributed by atoms with E-state index in [4.69, 9.17) is 9.41 Å². The molecule has 1 unspecified atom stereocenters. The highest BCUT2D eigenvalue weighted by Gasteiger charge is 2.22. The van der Waals surface area contributed by atoms with Crippen LogP contribution in [0.2, 0.25) is 0 Å². The molecule has 7 aromatic carbocycles. The van der Waals surface area contributed by atoms with Crippen molar-refractivity contribution in [3.8, 4) is 34.0 Å². The highest BCUT2D eigenvalue weighted by molar-refractivity contribution is 6.20. The molecule has 0 radical (unpaired) electrons. The number of nitrogens with zero attached hydrogens (tertiary/aromatic N) is 3. The van der Waals surface area contributed by atoms with Crippen molar-refractivity contribution in [1.82, 2.24) is 15.5 Å². The van der Waals surface area contributed by atoms with Crippen LogP contribution in [0, 0.1) is 0 Å². The van der Waals surface area contributed by atoms with E-state index in [0.29, 0.717) is 11.8 Å². The molecule has 0 bridgehead atoms. The van der Waals surface area contributed by atoms with Crippen LogP contribution in [0.1, 0.15) is 22.9 Å². The van der Waals surface area contributed by atoms with Gasteiger partial charge in [-0.15, -0.1) is 10.2 Å². The molecule has 9 rings (SSSR count). The van der Waals surface area contributed by atoms with Crippen LogP contribution >= 0.6 is 0 Å². The van der Waals surface area contributed by atoms with Gasteiger partial charge in [0.25, 0.3) is 0 Å². The van der Waals surface area contributed by atoms with E-state index in [9.17, 15) is 0 Å². The fraction of sp³-hybridized carbons (Fsp3) is 0.0227. The largest absolute Gasteiger partial charge is 0.416 e. The third kappa shape index (κ3) is 5.28. The second-order valence-corrected chi connectivity index (χ2v) is 12.1. The van der Waals surface area contributed by atoms with E-state index < -0.39 is 0 Å². The quantitative estimate of drug-likeness (QED) is 0.186. The Bertz CT molecular complexity index is 2440. The number of nitrogens with one attached hydrogen (secondary N) is 1. The van der Waals surface area contributed by atoms with Gasteiger partial charge in [-0.2, -0.15) is 0 Å². The Kier molecular flexibility index (Phi) is 7.13. The summed E-state index contributed by atoms with van der Waals surface area (Å²) in [5.74, 6) is 1.01. The molecule has 1 atom stereocenters. The van der Waals surface area contributed by atoms with Gasteiger partial charge in [0.15, 0.2) is 0 Å². The summed E-state index contributed by atoms with van der Waals surface area (Å²) in [7, 11) is 0. The molecule has 1 N–H and O–H groups in total. The minimum absolute atomic E-state index is 0.191. The Morgan fingerprint density at radius 2 is 0.918 bits per heavy atom. The number of hydrogen-bond acceptors (Lipinski definition) is 5. The fourth-order valence-electron chi connectivity index (χ4n) is 6.77. The lowest BCUT2D eigenvalue weighted by Crippen LogP contribution is -2.24. The number of aliphatic imine (C=N–C) groups is 1. The summed E-state index contributed by atoms with van der Waals surface area (Å²) in [5.41, 5.74) is 9.43. The van der Waals surface area contributed by atoms with E-state index in [1.807, 2.05) is 42.5 Å². The van der Waals surface area contributed by atoms with Gasteiger partial charge in [-0.1, -0.05) is 152 Å². The summed E-state index contributed by atoms with van der Waals surface area (Å²) < 4.78 is 6.34. The first kappa shape index (κ1) is 28.6. The number of aromatic nitrogens is 2. The van der Waals surface area contributed by atoms with E-state index in [0.717, 1.165) is 66.3 Å². The summed E-state index contributed by atoms with van der Waals surface area (Å²) in [5, 5.41) is 17.0. The third-order valence-corrected chi connectivity index (χ3v) is 9.10. The summed E-state index contributed by atoms with van der Waals surface area (Å²) in [4.78, 5) is 5.10. The maximum absolute atomic E-state index is 6.34.